The lowest BCUT2D eigenvalue weighted by Gasteiger charge is -2.07. The zero-order valence-electron chi connectivity index (χ0n) is 20.3. The predicted octanol–water partition coefficient (Wildman–Crippen LogP) is 5.55. The predicted molar refractivity (Wildman–Crippen MR) is 140 cm³/mol. The Morgan fingerprint density at radius 2 is 1.38 bits per heavy atom. The zero-order valence-corrected chi connectivity index (χ0v) is 20.3. The van der Waals surface area contributed by atoms with E-state index in [9.17, 15) is 14.7 Å². The normalized spacial score (nSPS) is 12.0. The van der Waals surface area contributed by atoms with Gasteiger partial charge in [0.2, 0.25) is 5.91 Å². The zero-order chi connectivity index (χ0) is 24.7. The van der Waals surface area contributed by atoms with Crippen LogP contribution in [-0.4, -0.2) is 35.0 Å². The fourth-order valence-electron chi connectivity index (χ4n) is 2.87. The van der Waals surface area contributed by atoms with Crippen LogP contribution in [-0.2, 0) is 4.79 Å². The van der Waals surface area contributed by atoms with Crippen molar-refractivity contribution in [3.05, 3.63) is 84.8 Å². The molecule has 0 fully saturated rings. The van der Waals surface area contributed by atoms with Gasteiger partial charge in [-0.25, -0.2) is 0 Å². The summed E-state index contributed by atoms with van der Waals surface area (Å²) >= 11 is 0. The van der Waals surface area contributed by atoms with E-state index in [-0.39, 0.29) is 23.1 Å². The van der Waals surface area contributed by atoms with E-state index in [2.05, 4.69) is 83.3 Å². The van der Waals surface area contributed by atoms with Gasteiger partial charge in [-0.15, -0.1) is 0 Å². The molecule has 34 heavy (non-hydrogen) atoms. The Hall–Kier alpha value is -3.41. The van der Waals surface area contributed by atoms with Crippen LogP contribution in [0, 0.1) is 0 Å². The van der Waals surface area contributed by atoms with Crippen molar-refractivity contribution in [2.45, 2.75) is 58.3 Å². The number of carbonyl (C=O) groups excluding carboxylic acids is 2. The van der Waals surface area contributed by atoms with Gasteiger partial charge in [-0.05, 0) is 51.0 Å². The molecule has 6 nitrogen and oxygen atoms in total. The van der Waals surface area contributed by atoms with Crippen molar-refractivity contribution in [3.8, 4) is 5.75 Å². The second-order valence-electron chi connectivity index (χ2n) is 7.64. The van der Waals surface area contributed by atoms with Gasteiger partial charge < -0.3 is 15.7 Å². The molecule has 1 aromatic heterocycles. The van der Waals surface area contributed by atoms with Crippen molar-refractivity contribution < 1.29 is 14.7 Å². The highest BCUT2D eigenvalue weighted by atomic mass is 16.3. The molecule has 0 aromatic carbocycles. The van der Waals surface area contributed by atoms with Gasteiger partial charge >= 0.3 is 0 Å². The van der Waals surface area contributed by atoms with E-state index in [1.54, 1.807) is 0 Å². The van der Waals surface area contributed by atoms with E-state index in [4.69, 9.17) is 0 Å². The van der Waals surface area contributed by atoms with Gasteiger partial charge in [0.15, 0.2) is 0 Å². The minimum Gasteiger partial charge on any atom is -0.506 e. The molecule has 0 bridgehead atoms. The second kappa shape index (κ2) is 20.2. The molecular weight excluding hydrogens is 426 g/mol. The molecule has 0 aliphatic carbocycles. The maximum Gasteiger partial charge on any atom is 0.253 e. The molecule has 1 rings (SSSR count). The largest absolute Gasteiger partial charge is 0.506 e. The summed E-state index contributed by atoms with van der Waals surface area (Å²) in [6, 6.07) is 1.34. The number of carbonyl (C=O) groups is 2. The van der Waals surface area contributed by atoms with Crippen LogP contribution >= 0.6 is 0 Å². The number of aromatic nitrogens is 1. The highest BCUT2D eigenvalue weighted by Crippen LogP contribution is 2.07. The number of unbranched alkanes of at least 4 members (excludes halogenated alkanes) is 1. The summed E-state index contributed by atoms with van der Waals surface area (Å²) in [5.41, 5.74) is 0.281. The first kappa shape index (κ1) is 28.6. The number of amides is 2. The number of rotatable bonds is 17. The Morgan fingerprint density at radius 1 is 0.824 bits per heavy atom. The van der Waals surface area contributed by atoms with E-state index in [0.29, 0.717) is 19.5 Å². The van der Waals surface area contributed by atoms with E-state index < -0.39 is 0 Å². The summed E-state index contributed by atoms with van der Waals surface area (Å²) in [7, 11) is 0. The Labute approximate surface area is 204 Å². The van der Waals surface area contributed by atoms with Crippen molar-refractivity contribution >= 4 is 11.8 Å². The summed E-state index contributed by atoms with van der Waals surface area (Å²) in [6.45, 7) is 2.82. The van der Waals surface area contributed by atoms with E-state index in [1.165, 1.54) is 18.5 Å². The molecule has 0 radical (unpaired) electrons. The monoisotopic (exact) mass is 465 g/mol. The number of hydrogen-bond acceptors (Lipinski definition) is 4. The smallest absolute Gasteiger partial charge is 0.253 e. The lowest BCUT2D eigenvalue weighted by molar-refractivity contribution is -0.121. The number of aromatic hydroxyl groups is 1. The summed E-state index contributed by atoms with van der Waals surface area (Å²) in [5, 5.41) is 14.8. The molecule has 1 heterocycles. The van der Waals surface area contributed by atoms with Crippen LogP contribution in [0.25, 0.3) is 0 Å². The molecule has 3 N–H and O–H groups in total. The molecule has 6 heteroatoms. The van der Waals surface area contributed by atoms with Crippen LogP contribution in [0.4, 0.5) is 0 Å². The number of allylic oxidation sites excluding steroid dienone is 10. The lowest BCUT2D eigenvalue weighted by atomic mass is 10.2. The maximum absolute atomic E-state index is 11.9. The van der Waals surface area contributed by atoms with Gasteiger partial charge in [-0.2, -0.15) is 0 Å². The highest BCUT2D eigenvalue weighted by molar-refractivity contribution is 5.94. The summed E-state index contributed by atoms with van der Waals surface area (Å²) < 4.78 is 0. The van der Waals surface area contributed by atoms with Gasteiger partial charge in [-0.3, -0.25) is 14.6 Å². The fourth-order valence-corrected chi connectivity index (χ4v) is 2.87. The fraction of sp³-hybridized carbons (Fsp3) is 0.393. The standard InChI is InChI=1S/C28H39N3O3/c1-2-3-4-5-6-7-8-9-10-11-12-13-14-15-16-17-18-19-27(33)30-20-21-31-28(34)25-22-26(32)24-29-23-25/h3-4,6-7,9-10,12-13,15-16,22-24,32H,2,5,8,11,14,17-21H2,1H3,(H,30,33)(H,31,34)/b4-3-,7-6-,10-9-,13-12-,16-15-. The summed E-state index contributed by atoms with van der Waals surface area (Å²) in [4.78, 5) is 27.5. The van der Waals surface area contributed by atoms with Crippen LogP contribution < -0.4 is 10.6 Å². The van der Waals surface area contributed by atoms with Crippen LogP contribution in [0.15, 0.2) is 79.2 Å². The Bertz CT molecular complexity index is 854. The molecule has 2 amide bonds. The van der Waals surface area contributed by atoms with Crippen LogP contribution in [0.3, 0.4) is 0 Å². The topological polar surface area (TPSA) is 91.3 Å². The first-order valence-electron chi connectivity index (χ1n) is 12.1. The third kappa shape index (κ3) is 16.3. The maximum atomic E-state index is 11.9. The van der Waals surface area contributed by atoms with Gasteiger partial charge in [0.25, 0.3) is 5.91 Å². The van der Waals surface area contributed by atoms with Crippen molar-refractivity contribution in [1.29, 1.82) is 0 Å². The van der Waals surface area contributed by atoms with Crippen molar-refractivity contribution in [3.63, 3.8) is 0 Å². The first-order chi connectivity index (χ1) is 16.6. The Kier molecular flexibility index (Phi) is 17.0. The molecule has 0 unspecified atom stereocenters. The number of nitrogens with zero attached hydrogens (tertiary/aromatic N) is 1. The van der Waals surface area contributed by atoms with Crippen molar-refractivity contribution in [1.82, 2.24) is 15.6 Å². The molecule has 184 valence electrons. The van der Waals surface area contributed by atoms with Gasteiger partial charge in [0, 0.05) is 25.7 Å². The van der Waals surface area contributed by atoms with Crippen LogP contribution in [0.2, 0.25) is 0 Å². The number of pyridine rings is 1. The van der Waals surface area contributed by atoms with Crippen LogP contribution in [0.1, 0.15) is 68.6 Å². The minimum atomic E-state index is -0.337. The second-order valence-corrected chi connectivity index (χ2v) is 7.64. The van der Waals surface area contributed by atoms with Crippen LogP contribution in [0.5, 0.6) is 5.75 Å². The molecular formula is C28H39N3O3. The van der Waals surface area contributed by atoms with Gasteiger partial charge in [0.05, 0.1) is 11.8 Å². The summed E-state index contributed by atoms with van der Waals surface area (Å²) in [6.07, 6.45) is 31.4. The van der Waals surface area contributed by atoms with Crippen molar-refractivity contribution in [2.75, 3.05) is 13.1 Å². The van der Waals surface area contributed by atoms with E-state index in [1.807, 2.05) is 0 Å². The summed E-state index contributed by atoms with van der Waals surface area (Å²) in [5.74, 6) is -0.426. The SMILES string of the molecule is CC/C=C\C/C=C\C/C=C\C/C=C\C/C=C\CCCC(=O)NCCNC(=O)c1cncc(O)c1. The van der Waals surface area contributed by atoms with E-state index in [0.717, 1.165) is 44.9 Å². The molecule has 0 spiro atoms. The quantitative estimate of drug-likeness (QED) is 0.208. The molecule has 0 saturated heterocycles. The third-order valence-electron chi connectivity index (χ3n) is 4.65. The Balaban J connectivity index is 1.98. The van der Waals surface area contributed by atoms with E-state index >= 15 is 0 Å². The molecule has 0 saturated carbocycles. The molecule has 1 aromatic rings. The molecule has 0 aliphatic rings. The first-order valence-corrected chi connectivity index (χ1v) is 12.1. The average molecular weight is 466 g/mol. The average Bonchev–Trinajstić information content (AvgIpc) is 2.83. The number of hydrogen-bond donors (Lipinski definition) is 3. The molecule has 0 aliphatic heterocycles. The highest BCUT2D eigenvalue weighted by Gasteiger charge is 2.06. The van der Waals surface area contributed by atoms with Gasteiger partial charge in [-0.1, -0.05) is 67.7 Å². The molecule has 0 atom stereocenters. The van der Waals surface area contributed by atoms with Gasteiger partial charge in [0.1, 0.15) is 5.75 Å². The minimum absolute atomic E-state index is 0.0272. The lowest BCUT2D eigenvalue weighted by Crippen LogP contribution is -2.34. The third-order valence-corrected chi connectivity index (χ3v) is 4.65. The van der Waals surface area contributed by atoms with Crippen molar-refractivity contribution in [2.24, 2.45) is 0 Å². The number of nitrogens with one attached hydrogen (secondary N) is 2. The Morgan fingerprint density at radius 3 is 1.97 bits per heavy atom.